The van der Waals surface area contributed by atoms with Crippen LogP contribution in [0.25, 0.3) is 10.9 Å². The number of carbonyl (C=O) groups is 1. The quantitative estimate of drug-likeness (QED) is 0.327. The minimum Gasteiger partial charge on any atom is -0.497 e. The largest absolute Gasteiger partial charge is 0.497 e. The van der Waals surface area contributed by atoms with Gasteiger partial charge >= 0.3 is 5.97 Å². The molecule has 0 saturated carbocycles. The van der Waals surface area contributed by atoms with Gasteiger partial charge in [-0.2, -0.15) is 0 Å². The van der Waals surface area contributed by atoms with E-state index in [1.165, 1.54) is 0 Å². The molecule has 0 aliphatic carbocycles. The molecule has 1 fully saturated rings. The van der Waals surface area contributed by atoms with Gasteiger partial charge in [-0.05, 0) is 67.5 Å². The Morgan fingerprint density at radius 3 is 2.79 bits per heavy atom. The summed E-state index contributed by atoms with van der Waals surface area (Å²) in [5, 5.41) is 20.4. The summed E-state index contributed by atoms with van der Waals surface area (Å²) < 4.78 is 46.3. The molecule has 2 N–H and O–H groups in total. The Hall–Kier alpha value is -3.61. The van der Waals surface area contributed by atoms with Gasteiger partial charge < -0.3 is 14.9 Å². The molecule has 200 valence electrons. The molecule has 0 spiro atoms. The third kappa shape index (κ3) is 6.26. The van der Waals surface area contributed by atoms with Crippen molar-refractivity contribution < 1.29 is 32.9 Å². The number of carboxylic acid groups (broad SMARTS) is 1. The Kier molecular flexibility index (Phi) is 8.87. The maximum atomic E-state index is 14.0. The Morgan fingerprint density at radius 1 is 1.24 bits per heavy atom. The zero-order valence-corrected chi connectivity index (χ0v) is 21.0. The molecule has 1 aliphatic heterocycles. The Morgan fingerprint density at radius 2 is 2.05 bits per heavy atom. The molecule has 9 heteroatoms. The summed E-state index contributed by atoms with van der Waals surface area (Å²) in [7, 11) is 1.59. The third-order valence-corrected chi connectivity index (χ3v) is 7.10. The zero-order valence-electron chi connectivity index (χ0n) is 21.0. The van der Waals surface area contributed by atoms with Crippen molar-refractivity contribution in [2.45, 2.75) is 44.8 Å². The highest BCUT2D eigenvalue weighted by atomic mass is 19.2. The van der Waals surface area contributed by atoms with Crippen LogP contribution in [0.4, 0.5) is 13.2 Å². The smallest absolute Gasteiger partial charge is 0.306 e. The number of aliphatic hydroxyl groups is 1. The standard InChI is InChI=1S/C29H29F3N2O4/c1-38-23-7-8-27-25(15-23)24(20(17-35)16-33-27)6-2-5-22-13-19(29(36)37)9-11-34(22)10-3-4-18-12-21(30)14-26(31)28(18)32/h7-8,12,14-16,19,22,35H,2,5-6,9-11,13,17H2,1H3,(H,36,37). The fourth-order valence-corrected chi connectivity index (χ4v) is 5.06. The Balaban J connectivity index is 1.50. The highest BCUT2D eigenvalue weighted by Gasteiger charge is 2.31. The van der Waals surface area contributed by atoms with Gasteiger partial charge in [0.25, 0.3) is 0 Å². The predicted molar refractivity (Wildman–Crippen MR) is 136 cm³/mol. The molecule has 1 aliphatic rings. The molecule has 2 heterocycles. The van der Waals surface area contributed by atoms with Crippen molar-refractivity contribution in [2.75, 3.05) is 20.2 Å². The molecule has 6 nitrogen and oxygen atoms in total. The first kappa shape index (κ1) is 27.4. The topological polar surface area (TPSA) is 82.9 Å². The molecule has 38 heavy (non-hydrogen) atoms. The van der Waals surface area contributed by atoms with Crippen molar-refractivity contribution in [1.82, 2.24) is 9.88 Å². The van der Waals surface area contributed by atoms with Crippen LogP contribution in [0.3, 0.4) is 0 Å². The number of aliphatic carboxylic acids is 1. The maximum Gasteiger partial charge on any atom is 0.306 e. The number of hydrogen-bond acceptors (Lipinski definition) is 5. The maximum absolute atomic E-state index is 14.0. The monoisotopic (exact) mass is 526 g/mol. The van der Waals surface area contributed by atoms with Gasteiger partial charge in [-0.3, -0.25) is 14.7 Å². The summed E-state index contributed by atoms with van der Waals surface area (Å²) in [5.74, 6) is 1.30. The average Bonchev–Trinajstić information content (AvgIpc) is 2.91. The number of methoxy groups -OCH3 is 1. The number of benzene rings is 2. The lowest BCUT2D eigenvalue weighted by Gasteiger charge is -2.37. The predicted octanol–water partition coefficient (Wildman–Crippen LogP) is 4.69. The summed E-state index contributed by atoms with van der Waals surface area (Å²) in [4.78, 5) is 18.2. The van der Waals surface area contributed by atoms with Crippen molar-refractivity contribution in [3.63, 3.8) is 0 Å². The van der Waals surface area contributed by atoms with Crippen molar-refractivity contribution in [3.8, 4) is 17.6 Å². The van der Waals surface area contributed by atoms with E-state index in [1.807, 2.05) is 23.1 Å². The first-order valence-electron chi connectivity index (χ1n) is 12.5. The van der Waals surface area contributed by atoms with Gasteiger partial charge in [0, 0.05) is 30.2 Å². The van der Waals surface area contributed by atoms with Crippen molar-refractivity contribution in [3.05, 3.63) is 70.7 Å². The van der Waals surface area contributed by atoms with E-state index < -0.39 is 29.3 Å². The highest BCUT2D eigenvalue weighted by Crippen LogP contribution is 2.29. The molecular weight excluding hydrogens is 497 g/mol. The summed E-state index contributed by atoms with van der Waals surface area (Å²) in [6.45, 7) is 0.554. The van der Waals surface area contributed by atoms with Crippen LogP contribution >= 0.6 is 0 Å². The minimum absolute atomic E-state index is 0.0894. The van der Waals surface area contributed by atoms with Crippen LogP contribution in [-0.2, 0) is 17.8 Å². The van der Waals surface area contributed by atoms with Gasteiger partial charge in [0.2, 0.25) is 0 Å². The second-order valence-electron chi connectivity index (χ2n) is 9.43. The van der Waals surface area contributed by atoms with Crippen LogP contribution < -0.4 is 4.74 Å². The van der Waals surface area contributed by atoms with Gasteiger partial charge in [0.05, 0.1) is 37.3 Å². The van der Waals surface area contributed by atoms with Crippen LogP contribution in [0.1, 0.15) is 42.4 Å². The van der Waals surface area contributed by atoms with Crippen LogP contribution in [0.2, 0.25) is 0 Å². The SMILES string of the molecule is COc1ccc2ncc(CO)c(CCCC3CC(C(=O)O)CCN3CC#Cc3cc(F)cc(F)c3F)c2c1. The van der Waals surface area contributed by atoms with E-state index in [9.17, 15) is 28.2 Å². The normalized spacial score (nSPS) is 17.7. The summed E-state index contributed by atoms with van der Waals surface area (Å²) in [5.41, 5.74) is 2.14. The number of aryl methyl sites for hydroxylation is 1. The molecule has 2 aromatic carbocycles. The number of ether oxygens (including phenoxy) is 1. The number of aromatic nitrogens is 1. The molecule has 1 aromatic heterocycles. The van der Waals surface area contributed by atoms with Gasteiger partial charge in [-0.15, -0.1) is 0 Å². The van der Waals surface area contributed by atoms with Gasteiger partial charge in [-0.25, -0.2) is 13.2 Å². The Labute approximate surface area is 219 Å². The number of pyridine rings is 1. The van der Waals surface area contributed by atoms with E-state index in [4.69, 9.17) is 4.74 Å². The van der Waals surface area contributed by atoms with Crippen molar-refractivity contribution in [1.29, 1.82) is 0 Å². The first-order chi connectivity index (χ1) is 18.3. The van der Waals surface area contributed by atoms with Crippen molar-refractivity contribution >= 4 is 16.9 Å². The number of fused-ring (bicyclic) bond motifs is 1. The lowest BCUT2D eigenvalue weighted by Crippen LogP contribution is -2.44. The van der Waals surface area contributed by atoms with Gasteiger partial charge in [-0.1, -0.05) is 11.8 Å². The number of aliphatic hydroxyl groups excluding tert-OH is 1. The minimum atomic E-state index is -1.29. The van der Waals surface area contributed by atoms with E-state index in [1.54, 1.807) is 13.3 Å². The number of likely N-dealkylation sites (tertiary alicyclic amines) is 1. The van der Waals surface area contributed by atoms with E-state index >= 15 is 0 Å². The molecule has 4 rings (SSSR count). The molecule has 2 atom stereocenters. The lowest BCUT2D eigenvalue weighted by molar-refractivity contribution is -0.144. The molecule has 1 saturated heterocycles. The highest BCUT2D eigenvalue weighted by molar-refractivity contribution is 5.84. The molecule has 0 radical (unpaired) electrons. The molecule has 0 amide bonds. The van der Waals surface area contributed by atoms with Gasteiger partial charge in [0.15, 0.2) is 11.6 Å². The number of piperidine rings is 1. The number of carboxylic acids is 1. The van der Waals surface area contributed by atoms with Crippen LogP contribution in [0.15, 0.2) is 36.5 Å². The Bertz CT molecular complexity index is 1380. The summed E-state index contributed by atoms with van der Waals surface area (Å²) >= 11 is 0. The molecular formula is C29H29F3N2O4. The number of hydrogen-bond donors (Lipinski definition) is 2. The lowest BCUT2D eigenvalue weighted by atomic mass is 9.87. The first-order valence-corrected chi connectivity index (χ1v) is 12.5. The van der Waals surface area contributed by atoms with Crippen molar-refractivity contribution in [2.24, 2.45) is 5.92 Å². The van der Waals surface area contributed by atoms with E-state index in [0.29, 0.717) is 50.5 Å². The number of halogens is 3. The third-order valence-electron chi connectivity index (χ3n) is 7.10. The molecule has 3 aromatic rings. The van der Waals surface area contributed by atoms with Crippen LogP contribution in [0, 0.1) is 35.2 Å². The average molecular weight is 527 g/mol. The molecule has 0 bridgehead atoms. The van der Waals surface area contributed by atoms with Crippen LogP contribution in [0.5, 0.6) is 5.75 Å². The summed E-state index contributed by atoms with van der Waals surface area (Å²) in [6, 6.07) is 6.83. The zero-order chi connectivity index (χ0) is 27.2. The molecule has 2 unspecified atom stereocenters. The second kappa shape index (κ2) is 12.3. The number of nitrogens with zero attached hydrogens (tertiary/aromatic N) is 2. The van der Waals surface area contributed by atoms with Crippen LogP contribution in [-0.4, -0.2) is 52.3 Å². The van der Waals surface area contributed by atoms with E-state index in [0.717, 1.165) is 28.1 Å². The van der Waals surface area contributed by atoms with E-state index in [2.05, 4.69) is 16.8 Å². The van der Waals surface area contributed by atoms with Gasteiger partial charge in [0.1, 0.15) is 11.6 Å². The van der Waals surface area contributed by atoms with E-state index in [-0.39, 0.29) is 24.8 Å². The summed E-state index contributed by atoms with van der Waals surface area (Å²) in [6.07, 6.45) is 4.60. The fourth-order valence-electron chi connectivity index (χ4n) is 5.06. The number of rotatable bonds is 8. The second-order valence-corrected chi connectivity index (χ2v) is 9.43. The fraction of sp³-hybridized carbons (Fsp3) is 0.379.